The first-order valence-corrected chi connectivity index (χ1v) is 7.74. The van der Waals surface area contributed by atoms with Gasteiger partial charge in [-0.2, -0.15) is 11.8 Å². The largest absolute Gasteiger partial charge is 0.478 e. The molecule has 0 amide bonds. The predicted octanol–water partition coefficient (Wildman–Crippen LogP) is 3.38. The van der Waals surface area contributed by atoms with Crippen molar-refractivity contribution in [3.63, 3.8) is 0 Å². The van der Waals surface area contributed by atoms with Gasteiger partial charge in [0.05, 0.1) is 0 Å². The summed E-state index contributed by atoms with van der Waals surface area (Å²) in [7, 11) is 0. The number of anilines is 1. The molecule has 19 heavy (non-hydrogen) atoms. The molecule has 0 radical (unpaired) electrons. The Balaban J connectivity index is 2.32. The first-order chi connectivity index (χ1) is 9.18. The van der Waals surface area contributed by atoms with E-state index in [1.54, 1.807) is 12.1 Å². The van der Waals surface area contributed by atoms with E-state index in [2.05, 4.69) is 4.90 Å². The van der Waals surface area contributed by atoms with Gasteiger partial charge in [0.1, 0.15) is 0 Å². The third-order valence-corrected chi connectivity index (χ3v) is 4.36. The highest BCUT2D eigenvalue weighted by atomic mass is 35.5. The molecular weight excluding hydrogens is 282 g/mol. The fourth-order valence-corrected chi connectivity index (χ4v) is 3.23. The lowest BCUT2D eigenvalue weighted by Gasteiger charge is -2.24. The second-order valence-corrected chi connectivity index (χ2v) is 5.93. The summed E-state index contributed by atoms with van der Waals surface area (Å²) in [5, 5.41) is 9.35. The topological polar surface area (TPSA) is 40.5 Å². The lowest BCUT2D eigenvalue weighted by Crippen LogP contribution is -2.26. The summed E-state index contributed by atoms with van der Waals surface area (Å²) < 4.78 is 0. The molecule has 1 aliphatic heterocycles. The third kappa shape index (κ3) is 3.91. The molecule has 5 heteroatoms. The number of thioether (sulfide) groups is 1. The van der Waals surface area contributed by atoms with E-state index in [0.29, 0.717) is 5.02 Å². The quantitative estimate of drug-likeness (QED) is 0.868. The Hall–Kier alpha value is -1.13. The Morgan fingerprint density at radius 1 is 1.37 bits per heavy atom. The molecule has 1 saturated heterocycles. The fourth-order valence-electron chi connectivity index (χ4n) is 2.11. The van der Waals surface area contributed by atoms with Crippen LogP contribution in [0.3, 0.4) is 0 Å². The molecule has 0 spiro atoms. The van der Waals surface area contributed by atoms with Crippen LogP contribution in [0.25, 0.3) is 6.08 Å². The minimum atomic E-state index is -0.961. The SMILES string of the molecule is O=C(O)/C=C/c1c(Cl)cccc1N1CCCSCC1. The van der Waals surface area contributed by atoms with Crippen molar-refractivity contribution in [3.8, 4) is 0 Å². The molecule has 0 atom stereocenters. The van der Waals surface area contributed by atoms with Crippen LogP contribution in [0.4, 0.5) is 5.69 Å². The van der Waals surface area contributed by atoms with Gasteiger partial charge in [-0.25, -0.2) is 4.79 Å². The fraction of sp³-hybridized carbons (Fsp3) is 0.357. The maximum Gasteiger partial charge on any atom is 0.328 e. The first kappa shape index (κ1) is 14.3. The van der Waals surface area contributed by atoms with Crippen LogP contribution in [0, 0.1) is 0 Å². The van der Waals surface area contributed by atoms with Gasteiger partial charge in [0.15, 0.2) is 0 Å². The summed E-state index contributed by atoms with van der Waals surface area (Å²) >= 11 is 8.15. The highest BCUT2D eigenvalue weighted by Gasteiger charge is 2.14. The summed E-state index contributed by atoms with van der Waals surface area (Å²) in [5.41, 5.74) is 1.81. The van der Waals surface area contributed by atoms with Crippen LogP contribution >= 0.6 is 23.4 Å². The number of benzene rings is 1. The van der Waals surface area contributed by atoms with Crippen molar-refractivity contribution in [2.24, 2.45) is 0 Å². The van der Waals surface area contributed by atoms with Crippen LogP contribution < -0.4 is 4.90 Å². The van der Waals surface area contributed by atoms with Crippen LogP contribution in [-0.4, -0.2) is 35.7 Å². The second-order valence-electron chi connectivity index (χ2n) is 4.30. The zero-order chi connectivity index (χ0) is 13.7. The smallest absolute Gasteiger partial charge is 0.328 e. The molecule has 0 unspecified atom stereocenters. The number of carboxylic acid groups (broad SMARTS) is 1. The van der Waals surface area contributed by atoms with Crippen molar-refractivity contribution in [2.45, 2.75) is 6.42 Å². The van der Waals surface area contributed by atoms with Crippen LogP contribution in [-0.2, 0) is 4.79 Å². The molecule has 0 aromatic heterocycles. The van der Waals surface area contributed by atoms with Gasteiger partial charge in [0, 0.05) is 41.2 Å². The molecule has 1 aliphatic rings. The Morgan fingerprint density at radius 3 is 3.00 bits per heavy atom. The Kier molecular flexibility index (Phi) is 5.16. The molecule has 0 saturated carbocycles. The van der Waals surface area contributed by atoms with Crippen molar-refractivity contribution in [1.82, 2.24) is 0 Å². The monoisotopic (exact) mass is 297 g/mol. The summed E-state index contributed by atoms with van der Waals surface area (Å²) in [5.74, 6) is 1.31. The number of carboxylic acids is 1. The van der Waals surface area contributed by atoms with Crippen molar-refractivity contribution in [2.75, 3.05) is 29.5 Å². The zero-order valence-corrected chi connectivity index (χ0v) is 12.1. The first-order valence-electron chi connectivity index (χ1n) is 6.20. The van der Waals surface area contributed by atoms with E-state index < -0.39 is 5.97 Å². The van der Waals surface area contributed by atoms with Gasteiger partial charge in [0.25, 0.3) is 0 Å². The number of halogens is 1. The van der Waals surface area contributed by atoms with E-state index in [0.717, 1.165) is 42.6 Å². The van der Waals surface area contributed by atoms with Crippen LogP contribution in [0.15, 0.2) is 24.3 Å². The number of nitrogens with zero attached hydrogens (tertiary/aromatic N) is 1. The highest BCUT2D eigenvalue weighted by molar-refractivity contribution is 7.99. The molecule has 102 valence electrons. The molecule has 3 nitrogen and oxygen atoms in total. The molecule has 1 heterocycles. The molecule has 1 aromatic rings. The van der Waals surface area contributed by atoms with Gasteiger partial charge in [0.2, 0.25) is 0 Å². The van der Waals surface area contributed by atoms with Gasteiger partial charge in [-0.15, -0.1) is 0 Å². The van der Waals surface area contributed by atoms with Crippen molar-refractivity contribution in [3.05, 3.63) is 34.9 Å². The van der Waals surface area contributed by atoms with Crippen LogP contribution in [0.1, 0.15) is 12.0 Å². The minimum absolute atomic E-state index is 0.590. The molecule has 1 aromatic carbocycles. The van der Waals surface area contributed by atoms with Gasteiger partial charge < -0.3 is 10.0 Å². The van der Waals surface area contributed by atoms with E-state index in [1.165, 1.54) is 5.75 Å². The number of rotatable bonds is 3. The highest BCUT2D eigenvalue weighted by Crippen LogP contribution is 2.30. The van der Waals surface area contributed by atoms with E-state index in [-0.39, 0.29) is 0 Å². The van der Waals surface area contributed by atoms with Gasteiger partial charge in [-0.3, -0.25) is 0 Å². The maximum atomic E-state index is 10.7. The van der Waals surface area contributed by atoms with Crippen LogP contribution in [0.5, 0.6) is 0 Å². The second kappa shape index (κ2) is 6.87. The van der Waals surface area contributed by atoms with Crippen molar-refractivity contribution >= 4 is 41.1 Å². The van der Waals surface area contributed by atoms with Crippen molar-refractivity contribution in [1.29, 1.82) is 0 Å². The summed E-state index contributed by atoms with van der Waals surface area (Å²) in [6.45, 7) is 1.96. The number of carbonyl (C=O) groups is 1. The van der Waals surface area contributed by atoms with Crippen LogP contribution in [0.2, 0.25) is 5.02 Å². The lowest BCUT2D eigenvalue weighted by molar-refractivity contribution is -0.131. The molecular formula is C14H16ClNO2S. The number of hydrogen-bond donors (Lipinski definition) is 1. The Morgan fingerprint density at radius 2 is 2.21 bits per heavy atom. The van der Waals surface area contributed by atoms with Crippen molar-refractivity contribution < 1.29 is 9.90 Å². The van der Waals surface area contributed by atoms with E-state index in [9.17, 15) is 4.79 Å². The Labute approximate surface area is 122 Å². The third-order valence-electron chi connectivity index (χ3n) is 2.99. The van der Waals surface area contributed by atoms with E-state index in [1.807, 2.05) is 23.9 Å². The molecule has 1 fully saturated rings. The van der Waals surface area contributed by atoms with Gasteiger partial charge in [-0.1, -0.05) is 17.7 Å². The van der Waals surface area contributed by atoms with Gasteiger partial charge >= 0.3 is 5.97 Å². The predicted molar refractivity (Wildman–Crippen MR) is 82.3 cm³/mol. The maximum absolute atomic E-state index is 10.7. The summed E-state index contributed by atoms with van der Waals surface area (Å²) in [4.78, 5) is 13.0. The number of aliphatic carboxylic acids is 1. The molecule has 1 N–H and O–H groups in total. The normalized spacial score (nSPS) is 16.6. The molecule has 0 aliphatic carbocycles. The van der Waals surface area contributed by atoms with E-state index >= 15 is 0 Å². The number of hydrogen-bond acceptors (Lipinski definition) is 3. The van der Waals surface area contributed by atoms with E-state index in [4.69, 9.17) is 16.7 Å². The minimum Gasteiger partial charge on any atom is -0.478 e. The van der Waals surface area contributed by atoms with Gasteiger partial charge in [-0.05, 0) is 30.4 Å². The Bertz CT molecular complexity index is 482. The zero-order valence-electron chi connectivity index (χ0n) is 10.5. The summed E-state index contributed by atoms with van der Waals surface area (Å²) in [6.07, 6.45) is 3.86. The molecule has 2 rings (SSSR count). The molecule has 0 bridgehead atoms. The summed E-state index contributed by atoms with van der Waals surface area (Å²) in [6, 6.07) is 5.70. The average Bonchev–Trinajstić information content (AvgIpc) is 2.65. The average molecular weight is 298 g/mol. The standard InChI is InChI=1S/C14H16ClNO2S/c15-12-3-1-4-13(11(12)5-6-14(17)18)16-7-2-9-19-10-8-16/h1,3-6H,2,7-10H2,(H,17,18)/b6-5+. The lowest BCUT2D eigenvalue weighted by atomic mass is 10.1.